The standard InChI is InChI=1S/C13H17NO5S/c1-13(2,3)19-12(17)8-7(5-18-4)6-20-11-9(15)10(16)14(8)11/h11H,5-6H2,1-4H3/t11-/m1/s1. The van der Waals surface area contributed by atoms with Gasteiger partial charge in [-0.25, -0.2) is 4.79 Å². The fourth-order valence-corrected chi connectivity index (χ4v) is 3.20. The Balaban J connectivity index is 2.33. The van der Waals surface area contributed by atoms with Crippen molar-refractivity contribution in [2.24, 2.45) is 0 Å². The van der Waals surface area contributed by atoms with E-state index in [1.54, 1.807) is 20.8 Å². The molecule has 2 aliphatic heterocycles. The van der Waals surface area contributed by atoms with Crippen molar-refractivity contribution in [2.45, 2.75) is 31.7 Å². The van der Waals surface area contributed by atoms with Gasteiger partial charge in [0.2, 0.25) is 0 Å². The Kier molecular flexibility index (Phi) is 3.93. The van der Waals surface area contributed by atoms with E-state index < -0.39 is 28.6 Å². The largest absolute Gasteiger partial charge is 0.455 e. The van der Waals surface area contributed by atoms with Crippen LogP contribution in [0.3, 0.4) is 0 Å². The second kappa shape index (κ2) is 5.21. The van der Waals surface area contributed by atoms with Crippen molar-refractivity contribution < 1.29 is 23.9 Å². The van der Waals surface area contributed by atoms with Crippen molar-refractivity contribution in [1.82, 2.24) is 4.90 Å². The highest BCUT2D eigenvalue weighted by Crippen LogP contribution is 2.38. The fraction of sp³-hybridized carbons (Fsp3) is 0.615. The lowest BCUT2D eigenvalue weighted by Gasteiger charge is -2.42. The molecule has 0 aromatic heterocycles. The molecule has 0 aromatic carbocycles. The number of hydrogen-bond acceptors (Lipinski definition) is 6. The molecule has 2 heterocycles. The predicted molar refractivity (Wildman–Crippen MR) is 72.8 cm³/mol. The van der Waals surface area contributed by atoms with E-state index in [1.165, 1.54) is 23.8 Å². The lowest BCUT2D eigenvalue weighted by Crippen LogP contribution is -2.62. The van der Waals surface area contributed by atoms with Gasteiger partial charge in [-0.15, -0.1) is 11.8 Å². The third-order valence-electron chi connectivity index (χ3n) is 2.79. The van der Waals surface area contributed by atoms with Crippen LogP contribution in [-0.2, 0) is 23.9 Å². The zero-order valence-electron chi connectivity index (χ0n) is 11.9. The van der Waals surface area contributed by atoms with Crippen molar-refractivity contribution in [3.8, 4) is 0 Å². The molecule has 0 bridgehead atoms. The molecule has 0 aromatic rings. The van der Waals surface area contributed by atoms with Crippen LogP contribution in [0.25, 0.3) is 0 Å². The number of esters is 1. The predicted octanol–water partition coefficient (Wildman–Crippen LogP) is 0.713. The lowest BCUT2D eigenvalue weighted by atomic mass is 10.1. The highest BCUT2D eigenvalue weighted by Gasteiger charge is 2.53. The highest BCUT2D eigenvalue weighted by molar-refractivity contribution is 8.01. The average molecular weight is 299 g/mol. The van der Waals surface area contributed by atoms with E-state index in [1.807, 2.05) is 0 Å². The van der Waals surface area contributed by atoms with Crippen molar-refractivity contribution >= 4 is 29.4 Å². The van der Waals surface area contributed by atoms with Gasteiger partial charge >= 0.3 is 5.97 Å². The molecule has 7 heteroatoms. The van der Waals surface area contributed by atoms with E-state index in [4.69, 9.17) is 9.47 Å². The smallest absolute Gasteiger partial charge is 0.355 e. The molecule has 0 unspecified atom stereocenters. The molecule has 6 nitrogen and oxygen atoms in total. The minimum absolute atomic E-state index is 0.162. The molecular weight excluding hydrogens is 282 g/mol. The zero-order chi connectivity index (χ0) is 15.1. The van der Waals surface area contributed by atoms with Gasteiger partial charge in [-0.1, -0.05) is 0 Å². The first kappa shape index (κ1) is 15.1. The number of methoxy groups -OCH3 is 1. The number of ketones is 1. The molecule has 0 N–H and O–H groups in total. The average Bonchev–Trinajstić information content (AvgIpc) is 2.35. The molecule has 20 heavy (non-hydrogen) atoms. The van der Waals surface area contributed by atoms with E-state index in [-0.39, 0.29) is 12.3 Å². The van der Waals surface area contributed by atoms with E-state index in [9.17, 15) is 14.4 Å². The third kappa shape index (κ3) is 2.60. The van der Waals surface area contributed by atoms with Gasteiger partial charge in [-0.05, 0) is 26.3 Å². The van der Waals surface area contributed by atoms with Gasteiger partial charge in [-0.3, -0.25) is 14.5 Å². The number of nitrogens with zero attached hydrogens (tertiary/aromatic N) is 1. The normalized spacial score (nSPS) is 22.6. The first-order chi connectivity index (χ1) is 9.26. The van der Waals surface area contributed by atoms with Gasteiger partial charge in [-0.2, -0.15) is 0 Å². The number of β-lactam (4-membered cyclic amide) rings is 1. The Morgan fingerprint density at radius 3 is 2.60 bits per heavy atom. The van der Waals surface area contributed by atoms with E-state index in [0.717, 1.165) is 0 Å². The zero-order valence-corrected chi connectivity index (χ0v) is 12.7. The number of Topliss-reactive ketones (excluding diaryl/α,β-unsaturated/α-hetero) is 1. The van der Waals surface area contributed by atoms with Gasteiger partial charge in [0.1, 0.15) is 11.3 Å². The highest BCUT2D eigenvalue weighted by atomic mass is 32.2. The molecule has 0 aliphatic carbocycles. The van der Waals surface area contributed by atoms with Crippen LogP contribution in [0.5, 0.6) is 0 Å². The molecule has 1 amide bonds. The summed E-state index contributed by atoms with van der Waals surface area (Å²) in [5, 5.41) is -0.592. The van der Waals surface area contributed by atoms with Crippen LogP contribution in [0.15, 0.2) is 11.3 Å². The molecule has 0 radical (unpaired) electrons. The molecule has 0 spiro atoms. The summed E-state index contributed by atoms with van der Waals surface area (Å²) in [5.41, 5.74) is 0.166. The summed E-state index contributed by atoms with van der Waals surface area (Å²) < 4.78 is 10.4. The summed E-state index contributed by atoms with van der Waals surface area (Å²) in [6.07, 6.45) is 0. The number of carbonyl (C=O) groups is 3. The molecule has 1 atom stereocenters. The molecule has 1 saturated heterocycles. The SMILES string of the molecule is COCC1=C(C(=O)OC(C)(C)C)N2C(=O)C(=O)[C@H]2SC1. The van der Waals surface area contributed by atoms with Gasteiger partial charge < -0.3 is 9.47 Å². The summed E-state index contributed by atoms with van der Waals surface area (Å²) in [4.78, 5) is 36.7. The van der Waals surface area contributed by atoms with Crippen LogP contribution in [0, 0.1) is 0 Å². The number of ether oxygens (including phenoxy) is 2. The molecule has 2 aliphatic rings. The number of fused-ring (bicyclic) bond motifs is 1. The first-order valence-corrected chi connectivity index (χ1v) is 7.24. The fourth-order valence-electron chi connectivity index (χ4n) is 2.02. The number of hydrogen-bond donors (Lipinski definition) is 0. The molecule has 0 saturated carbocycles. The summed E-state index contributed by atoms with van der Waals surface area (Å²) in [7, 11) is 1.51. The van der Waals surface area contributed by atoms with E-state index in [0.29, 0.717) is 11.3 Å². The monoisotopic (exact) mass is 299 g/mol. The second-order valence-electron chi connectivity index (χ2n) is 5.59. The summed E-state index contributed by atoms with van der Waals surface area (Å²) in [6.45, 7) is 5.48. The number of thioether (sulfide) groups is 1. The van der Waals surface area contributed by atoms with Crippen LogP contribution < -0.4 is 0 Å². The van der Waals surface area contributed by atoms with Crippen molar-refractivity contribution in [3.05, 3.63) is 11.3 Å². The van der Waals surface area contributed by atoms with Gasteiger partial charge in [0.25, 0.3) is 11.7 Å². The van der Waals surface area contributed by atoms with E-state index >= 15 is 0 Å². The van der Waals surface area contributed by atoms with Crippen LogP contribution >= 0.6 is 11.8 Å². The molecular formula is C13H17NO5S. The first-order valence-electron chi connectivity index (χ1n) is 6.19. The van der Waals surface area contributed by atoms with Crippen molar-refractivity contribution in [1.29, 1.82) is 0 Å². The Hall–Kier alpha value is -1.34. The maximum Gasteiger partial charge on any atom is 0.355 e. The van der Waals surface area contributed by atoms with Gasteiger partial charge in [0.15, 0.2) is 5.37 Å². The Bertz CT molecular complexity index is 505. The Morgan fingerprint density at radius 2 is 2.05 bits per heavy atom. The maximum absolute atomic E-state index is 12.3. The van der Waals surface area contributed by atoms with E-state index in [2.05, 4.69) is 0 Å². The quantitative estimate of drug-likeness (QED) is 0.434. The summed E-state index contributed by atoms with van der Waals surface area (Å²) >= 11 is 1.32. The van der Waals surface area contributed by atoms with Crippen LogP contribution in [-0.4, -0.2) is 53.0 Å². The number of amides is 1. The van der Waals surface area contributed by atoms with Gasteiger partial charge in [0.05, 0.1) is 6.61 Å². The minimum Gasteiger partial charge on any atom is -0.455 e. The minimum atomic E-state index is -0.666. The summed E-state index contributed by atoms with van der Waals surface area (Å²) in [6, 6.07) is 0. The second-order valence-corrected chi connectivity index (χ2v) is 6.66. The molecule has 110 valence electrons. The number of rotatable bonds is 3. The van der Waals surface area contributed by atoms with Crippen LogP contribution in [0.1, 0.15) is 20.8 Å². The molecule has 1 fully saturated rings. The van der Waals surface area contributed by atoms with Gasteiger partial charge in [0, 0.05) is 12.9 Å². The molecule has 2 rings (SSSR count). The van der Waals surface area contributed by atoms with Crippen molar-refractivity contribution in [2.75, 3.05) is 19.5 Å². The van der Waals surface area contributed by atoms with Crippen LogP contribution in [0.2, 0.25) is 0 Å². The topological polar surface area (TPSA) is 72.9 Å². The lowest BCUT2D eigenvalue weighted by molar-refractivity contribution is -0.161. The third-order valence-corrected chi connectivity index (χ3v) is 4.05. The van der Waals surface area contributed by atoms with Crippen LogP contribution in [0.4, 0.5) is 0 Å². The summed E-state index contributed by atoms with van der Waals surface area (Å²) in [5.74, 6) is -1.23. The Labute approximate surface area is 121 Å². The van der Waals surface area contributed by atoms with Crippen molar-refractivity contribution in [3.63, 3.8) is 0 Å². The number of carbonyl (C=O) groups excluding carboxylic acids is 3. The maximum atomic E-state index is 12.3. The Morgan fingerprint density at radius 1 is 1.40 bits per heavy atom.